The molecular weight excluding hydrogens is 264 g/mol. The maximum atomic E-state index is 12.3. The van der Waals surface area contributed by atoms with Crippen LogP contribution in [0, 0.1) is 13.8 Å². The topological polar surface area (TPSA) is 101 Å². The lowest BCUT2D eigenvalue weighted by atomic mass is 10.2. The number of benzene rings is 1. The second kappa shape index (κ2) is 5.02. The van der Waals surface area contributed by atoms with Crippen LogP contribution < -0.4 is 10.5 Å². The molecule has 0 spiro atoms. The first kappa shape index (κ1) is 13.6. The van der Waals surface area contributed by atoms with Gasteiger partial charge in [0.25, 0.3) is 10.0 Å². The summed E-state index contributed by atoms with van der Waals surface area (Å²) in [7, 11) is -3.64. The van der Waals surface area contributed by atoms with Gasteiger partial charge in [-0.2, -0.15) is 5.10 Å². The number of aromatic amines is 1. The zero-order valence-corrected chi connectivity index (χ0v) is 11.6. The Bertz CT molecular complexity index is 692. The molecule has 0 amide bonds. The highest BCUT2D eigenvalue weighted by molar-refractivity contribution is 7.92. The van der Waals surface area contributed by atoms with Gasteiger partial charge in [-0.25, -0.2) is 8.42 Å². The van der Waals surface area contributed by atoms with Gasteiger partial charge in [0.15, 0.2) is 0 Å². The fourth-order valence-corrected chi connectivity index (χ4v) is 3.13. The Balaban J connectivity index is 2.38. The molecule has 0 radical (unpaired) electrons. The normalized spacial score (nSPS) is 11.5. The third-order valence-corrected chi connectivity index (χ3v) is 4.30. The number of anilines is 1. The molecule has 2 rings (SSSR count). The molecule has 1 aromatic heterocycles. The van der Waals surface area contributed by atoms with Crippen molar-refractivity contribution in [3.63, 3.8) is 0 Å². The Kier molecular flexibility index (Phi) is 3.59. The molecule has 102 valence electrons. The second-order valence-corrected chi connectivity index (χ2v) is 6.00. The van der Waals surface area contributed by atoms with Crippen molar-refractivity contribution in [1.82, 2.24) is 10.2 Å². The van der Waals surface area contributed by atoms with Gasteiger partial charge in [-0.15, -0.1) is 0 Å². The average Bonchev–Trinajstić information content (AvgIpc) is 2.74. The van der Waals surface area contributed by atoms with Gasteiger partial charge in [0.2, 0.25) is 0 Å². The van der Waals surface area contributed by atoms with E-state index in [9.17, 15) is 8.42 Å². The van der Waals surface area contributed by atoms with Crippen LogP contribution in [0.15, 0.2) is 29.3 Å². The molecule has 1 aromatic carbocycles. The molecule has 4 N–H and O–H groups in total. The lowest BCUT2D eigenvalue weighted by Crippen LogP contribution is -2.16. The van der Waals surface area contributed by atoms with Crippen molar-refractivity contribution < 1.29 is 8.42 Å². The number of nitrogens with zero attached hydrogens (tertiary/aromatic N) is 1. The van der Waals surface area contributed by atoms with Crippen LogP contribution in [-0.4, -0.2) is 18.6 Å². The Morgan fingerprint density at radius 2 is 2.11 bits per heavy atom. The van der Waals surface area contributed by atoms with Gasteiger partial charge < -0.3 is 5.73 Å². The number of aromatic nitrogens is 2. The van der Waals surface area contributed by atoms with Gasteiger partial charge in [-0.1, -0.05) is 17.7 Å². The molecule has 0 aliphatic rings. The fourth-order valence-electron chi connectivity index (χ4n) is 1.84. The number of H-pyrrole nitrogens is 1. The van der Waals surface area contributed by atoms with Crippen LogP contribution in [0.5, 0.6) is 0 Å². The first-order valence-corrected chi connectivity index (χ1v) is 7.25. The molecular formula is C12H16N4O2S. The van der Waals surface area contributed by atoms with Gasteiger partial charge >= 0.3 is 0 Å². The number of nitrogens with one attached hydrogen (secondary N) is 2. The third kappa shape index (κ3) is 2.77. The van der Waals surface area contributed by atoms with E-state index in [-0.39, 0.29) is 11.4 Å². The number of aryl methyl sites for hydroxylation is 2. The van der Waals surface area contributed by atoms with Crippen molar-refractivity contribution in [3.8, 4) is 0 Å². The minimum absolute atomic E-state index is 0.210. The van der Waals surface area contributed by atoms with Gasteiger partial charge in [0.1, 0.15) is 5.82 Å². The molecule has 7 heteroatoms. The Hall–Kier alpha value is -1.86. The van der Waals surface area contributed by atoms with Gasteiger partial charge in [0, 0.05) is 12.1 Å². The summed E-state index contributed by atoms with van der Waals surface area (Å²) in [6.45, 7) is 3.89. The van der Waals surface area contributed by atoms with E-state index in [1.165, 1.54) is 6.20 Å². The maximum absolute atomic E-state index is 12.3. The van der Waals surface area contributed by atoms with Crippen LogP contribution in [0.1, 0.15) is 16.7 Å². The lowest BCUT2D eigenvalue weighted by Gasteiger charge is -2.10. The molecule has 0 aliphatic carbocycles. The summed E-state index contributed by atoms with van der Waals surface area (Å²) in [6, 6.07) is 5.18. The SMILES string of the molecule is Cc1ccc(S(=O)(=O)Nc2[nH]ncc2CN)c(C)c1. The van der Waals surface area contributed by atoms with E-state index >= 15 is 0 Å². The van der Waals surface area contributed by atoms with Crippen molar-refractivity contribution >= 4 is 15.8 Å². The van der Waals surface area contributed by atoms with Gasteiger partial charge in [-0.3, -0.25) is 9.82 Å². The van der Waals surface area contributed by atoms with E-state index in [0.717, 1.165) is 5.56 Å². The first-order chi connectivity index (χ1) is 8.94. The molecule has 0 aliphatic heterocycles. The zero-order chi connectivity index (χ0) is 14.0. The molecule has 0 atom stereocenters. The number of hydrogen-bond donors (Lipinski definition) is 3. The van der Waals surface area contributed by atoms with Gasteiger partial charge in [-0.05, 0) is 25.5 Å². The highest BCUT2D eigenvalue weighted by Crippen LogP contribution is 2.20. The van der Waals surface area contributed by atoms with Crippen LogP contribution >= 0.6 is 0 Å². The summed E-state index contributed by atoms with van der Waals surface area (Å²) in [5.74, 6) is 0.308. The number of hydrogen-bond acceptors (Lipinski definition) is 4. The largest absolute Gasteiger partial charge is 0.326 e. The smallest absolute Gasteiger partial charge is 0.263 e. The maximum Gasteiger partial charge on any atom is 0.263 e. The highest BCUT2D eigenvalue weighted by atomic mass is 32.2. The number of nitrogens with two attached hydrogens (primary N) is 1. The van der Waals surface area contributed by atoms with Crippen LogP contribution in [0.4, 0.5) is 5.82 Å². The van der Waals surface area contributed by atoms with E-state index in [4.69, 9.17) is 5.73 Å². The van der Waals surface area contributed by atoms with Crippen molar-refractivity contribution in [1.29, 1.82) is 0 Å². The summed E-state index contributed by atoms with van der Waals surface area (Å²) < 4.78 is 27.1. The second-order valence-electron chi connectivity index (χ2n) is 4.35. The third-order valence-electron chi connectivity index (χ3n) is 2.79. The predicted octanol–water partition coefficient (Wildman–Crippen LogP) is 1.29. The summed E-state index contributed by atoms with van der Waals surface area (Å²) in [5.41, 5.74) is 7.84. The molecule has 0 unspecified atom stereocenters. The highest BCUT2D eigenvalue weighted by Gasteiger charge is 2.18. The molecule has 2 aromatic rings. The molecule has 0 fully saturated rings. The standard InChI is InChI=1S/C12H16N4O2S/c1-8-3-4-11(9(2)5-8)19(17,18)16-12-10(6-13)7-14-15-12/h3-5,7H,6,13H2,1-2H3,(H2,14,15,16). The Labute approximate surface area is 112 Å². The molecule has 6 nitrogen and oxygen atoms in total. The van der Waals surface area contributed by atoms with E-state index in [2.05, 4.69) is 14.9 Å². The molecule has 0 bridgehead atoms. The first-order valence-electron chi connectivity index (χ1n) is 5.76. The van der Waals surface area contributed by atoms with Crippen LogP contribution in [0.2, 0.25) is 0 Å². The Morgan fingerprint density at radius 3 is 2.74 bits per heavy atom. The summed E-state index contributed by atoms with van der Waals surface area (Å²) in [6.07, 6.45) is 1.50. The van der Waals surface area contributed by atoms with Crippen LogP contribution in [0.25, 0.3) is 0 Å². The minimum Gasteiger partial charge on any atom is -0.326 e. The number of rotatable bonds is 4. The van der Waals surface area contributed by atoms with Crippen LogP contribution in [-0.2, 0) is 16.6 Å². The number of sulfonamides is 1. The van der Waals surface area contributed by atoms with Gasteiger partial charge in [0.05, 0.1) is 11.1 Å². The zero-order valence-electron chi connectivity index (χ0n) is 10.8. The molecule has 0 saturated heterocycles. The fraction of sp³-hybridized carbons (Fsp3) is 0.250. The predicted molar refractivity (Wildman–Crippen MR) is 73.2 cm³/mol. The lowest BCUT2D eigenvalue weighted by molar-refractivity contribution is 0.600. The van der Waals surface area contributed by atoms with E-state index in [0.29, 0.717) is 16.9 Å². The summed E-state index contributed by atoms with van der Waals surface area (Å²) in [4.78, 5) is 0.246. The van der Waals surface area contributed by atoms with Crippen LogP contribution in [0.3, 0.4) is 0 Å². The van der Waals surface area contributed by atoms with Crippen molar-refractivity contribution in [2.75, 3.05) is 4.72 Å². The summed E-state index contributed by atoms with van der Waals surface area (Å²) >= 11 is 0. The molecule has 19 heavy (non-hydrogen) atoms. The van der Waals surface area contributed by atoms with E-state index in [1.54, 1.807) is 19.1 Å². The quantitative estimate of drug-likeness (QED) is 0.785. The monoisotopic (exact) mass is 280 g/mol. The Morgan fingerprint density at radius 1 is 1.37 bits per heavy atom. The van der Waals surface area contributed by atoms with Crippen molar-refractivity contribution in [2.45, 2.75) is 25.3 Å². The average molecular weight is 280 g/mol. The van der Waals surface area contributed by atoms with E-state index in [1.807, 2.05) is 13.0 Å². The summed E-state index contributed by atoms with van der Waals surface area (Å²) in [5, 5.41) is 6.37. The van der Waals surface area contributed by atoms with Crippen molar-refractivity contribution in [2.24, 2.45) is 5.73 Å². The molecule has 1 heterocycles. The molecule has 0 saturated carbocycles. The van der Waals surface area contributed by atoms with Crippen molar-refractivity contribution in [3.05, 3.63) is 41.1 Å². The van der Waals surface area contributed by atoms with E-state index < -0.39 is 10.0 Å². The minimum atomic E-state index is -3.64.